The third kappa shape index (κ3) is 1.63. The predicted octanol–water partition coefficient (Wildman–Crippen LogP) is 2.67. The lowest BCUT2D eigenvalue weighted by atomic mass is 10.1. The van der Waals surface area contributed by atoms with Crippen LogP contribution >= 0.6 is 0 Å². The second kappa shape index (κ2) is 3.45. The molecular formula is C9H15N. The summed E-state index contributed by atoms with van der Waals surface area (Å²) in [6.07, 6.45) is 7.98. The van der Waals surface area contributed by atoms with Crippen molar-refractivity contribution in [2.45, 2.75) is 33.1 Å². The van der Waals surface area contributed by atoms with Crippen LogP contribution in [0.25, 0.3) is 0 Å². The molecule has 1 aromatic rings. The lowest BCUT2D eigenvalue weighted by Gasteiger charge is -1.95. The first-order valence-electron chi connectivity index (χ1n) is 3.97. The van der Waals surface area contributed by atoms with Gasteiger partial charge in [0.2, 0.25) is 0 Å². The third-order valence-corrected chi connectivity index (χ3v) is 1.86. The summed E-state index contributed by atoms with van der Waals surface area (Å²) >= 11 is 0. The highest BCUT2D eigenvalue weighted by molar-refractivity contribution is 5.21. The van der Waals surface area contributed by atoms with Crippen LogP contribution in [0.4, 0.5) is 0 Å². The molecule has 1 aromatic heterocycles. The van der Waals surface area contributed by atoms with Crippen molar-refractivity contribution in [2.24, 2.45) is 0 Å². The maximum absolute atomic E-state index is 3.11. The van der Waals surface area contributed by atoms with Crippen molar-refractivity contribution in [1.82, 2.24) is 4.98 Å². The molecule has 0 aliphatic carbocycles. The van der Waals surface area contributed by atoms with E-state index in [4.69, 9.17) is 0 Å². The van der Waals surface area contributed by atoms with Gasteiger partial charge in [-0.15, -0.1) is 0 Å². The van der Waals surface area contributed by atoms with Crippen LogP contribution in [0.5, 0.6) is 0 Å². The molecule has 0 unspecified atom stereocenters. The minimum atomic E-state index is 1.23. The standard InChI is InChI=1S/C9H15N/c1-3-4-5-9-7-10-6-8(9)2/h6-7,10H,3-5H2,1-2H3. The SMILES string of the molecule is CCCCc1c[nH]cc1C. The zero-order valence-electron chi connectivity index (χ0n) is 6.78. The van der Waals surface area contributed by atoms with Crippen LogP contribution in [0, 0.1) is 6.92 Å². The maximum atomic E-state index is 3.11. The van der Waals surface area contributed by atoms with Crippen molar-refractivity contribution < 1.29 is 0 Å². The van der Waals surface area contributed by atoms with E-state index in [1.165, 1.54) is 30.4 Å². The molecule has 0 saturated carbocycles. The van der Waals surface area contributed by atoms with E-state index in [9.17, 15) is 0 Å². The van der Waals surface area contributed by atoms with Crippen molar-refractivity contribution in [3.63, 3.8) is 0 Å². The van der Waals surface area contributed by atoms with Gasteiger partial charge < -0.3 is 4.98 Å². The normalized spacial score (nSPS) is 10.2. The van der Waals surface area contributed by atoms with Gasteiger partial charge in [0.1, 0.15) is 0 Å². The Hall–Kier alpha value is -0.720. The van der Waals surface area contributed by atoms with Gasteiger partial charge in [0, 0.05) is 12.4 Å². The third-order valence-electron chi connectivity index (χ3n) is 1.86. The summed E-state index contributed by atoms with van der Waals surface area (Å²) in [5, 5.41) is 0. The Morgan fingerprint density at radius 1 is 1.40 bits per heavy atom. The van der Waals surface area contributed by atoms with Gasteiger partial charge in [-0.25, -0.2) is 0 Å². The first-order valence-corrected chi connectivity index (χ1v) is 3.97. The van der Waals surface area contributed by atoms with E-state index in [0.29, 0.717) is 0 Å². The van der Waals surface area contributed by atoms with Crippen LogP contribution in [0.15, 0.2) is 12.4 Å². The quantitative estimate of drug-likeness (QED) is 0.659. The molecule has 0 aliphatic heterocycles. The van der Waals surface area contributed by atoms with E-state index in [1.54, 1.807) is 0 Å². The van der Waals surface area contributed by atoms with Gasteiger partial charge in [-0.05, 0) is 30.9 Å². The van der Waals surface area contributed by atoms with E-state index < -0.39 is 0 Å². The Bertz CT molecular complexity index is 188. The predicted molar refractivity (Wildman–Crippen MR) is 44.1 cm³/mol. The van der Waals surface area contributed by atoms with E-state index in [0.717, 1.165) is 0 Å². The summed E-state index contributed by atoms with van der Waals surface area (Å²) in [5.74, 6) is 0. The summed E-state index contributed by atoms with van der Waals surface area (Å²) in [6, 6.07) is 0. The lowest BCUT2D eigenvalue weighted by Crippen LogP contribution is -1.82. The van der Waals surface area contributed by atoms with Gasteiger partial charge in [0.15, 0.2) is 0 Å². The summed E-state index contributed by atoms with van der Waals surface area (Å²) in [7, 11) is 0. The average molecular weight is 137 g/mol. The van der Waals surface area contributed by atoms with Crippen molar-refractivity contribution in [3.05, 3.63) is 23.5 Å². The second-order valence-electron chi connectivity index (χ2n) is 2.77. The molecule has 1 heterocycles. The van der Waals surface area contributed by atoms with Crippen LogP contribution in [0.2, 0.25) is 0 Å². The monoisotopic (exact) mass is 137 g/mol. The maximum Gasteiger partial charge on any atom is 0.00400 e. The van der Waals surface area contributed by atoms with Gasteiger partial charge in [-0.2, -0.15) is 0 Å². The van der Waals surface area contributed by atoms with Crippen LogP contribution in [-0.4, -0.2) is 4.98 Å². The number of unbranched alkanes of at least 4 members (excludes halogenated alkanes) is 1. The molecular weight excluding hydrogens is 122 g/mol. The molecule has 0 bridgehead atoms. The van der Waals surface area contributed by atoms with Gasteiger partial charge in [0.25, 0.3) is 0 Å². The van der Waals surface area contributed by atoms with Crippen LogP contribution < -0.4 is 0 Å². The molecule has 1 N–H and O–H groups in total. The molecule has 0 radical (unpaired) electrons. The highest BCUT2D eigenvalue weighted by atomic mass is 14.6. The van der Waals surface area contributed by atoms with Crippen molar-refractivity contribution in [2.75, 3.05) is 0 Å². The summed E-state index contributed by atoms with van der Waals surface area (Å²) < 4.78 is 0. The molecule has 0 amide bonds. The number of aryl methyl sites for hydroxylation is 2. The van der Waals surface area contributed by atoms with Gasteiger partial charge in [-0.3, -0.25) is 0 Å². The minimum absolute atomic E-state index is 1.23. The Balaban J connectivity index is 2.49. The number of H-pyrrole nitrogens is 1. The Morgan fingerprint density at radius 3 is 2.70 bits per heavy atom. The fraction of sp³-hybridized carbons (Fsp3) is 0.556. The van der Waals surface area contributed by atoms with Crippen LogP contribution in [0.3, 0.4) is 0 Å². The van der Waals surface area contributed by atoms with Gasteiger partial charge in [-0.1, -0.05) is 13.3 Å². The minimum Gasteiger partial charge on any atom is -0.367 e. The van der Waals surface area contributed by atoms with E-state index in [1.807, 2.05) is 0 Å². The van der Waals surface area contributed by atoms with Crippen LogP contribution in [-0.2, 0) is 6.42 Å². The molecule has 0 spiro atoms. The molecule has 0 atom stereocenters. The first kappa shape index (κ1) is 7.39. The van der Waals surface area contributed by atoms with Gasteiger partial charge >= 0.3 is 0 Å². The van der Waals surface area contributed by atoms with Crippen LogP contribution in [0.1, 0.15) is 30.9 Å². The molecule has 56 valence electrons. The zero-order chi connectivity index (χ0) is 7.40. The highest BCUT2D eigenvalue weighted by Gasteiger charge is 1.95. The van der Waals surface area contributed by atoms with E-state index in [-0.39, 0.29) is 0 Å². The summed E-state index contributed by atoms with van der Waals surface area (Å²) in [6.45, 7) is 4.38. The molecule has 0 fully saturated rings. The molecule has 0 saturated heterocycles. The fourth-order valence-electron chi connectivity index (χ4n) is 1.11. The Labute approximate surface area is 62.5 Å². The lowest BCUT2D eigenvalue weighted by molar-refractivity contribution is 0.793. The zero-order valence-corrected chi connectivity index (χ0v) is 6.78. The largest absolute Gasteiger partial charge is 0.367 e. The number of hydrogen-bond acceptors (Lipinski definition) is 0. The summed E-state index contributed by atoms with van der Waals surface area (Å²) in [5.41, 5.74) is 2.87. The molecule has 1 heteroatoms. The number of nitrogens with one attached hydrogen (secondary N) is 1. The number of aromatic amines is 1. The van der Waals surface area contributed by atoms with E-state index in [2.05, 4.69) is 31.2 Å². The molecule has 10 heavy (non-hydrogen) atoms. The highest BCUT2D eigenvalue weighted by Crippen LogP contribution is 2.08. The van der Waals surface area contributed by atoms with Crippen molar-refractivity contribution >= 4 is 0 Å². The van der Waals surface area contributed by atoms with Gasteiger partial charge in [0.05, 0.1) is 0 Å². The molecule has 1 nitrogen and oxygen atoms in total. The Morgan fingerprint density at radius 2 is 2.20 bits per heavy atom. The van der Waals surface area contributed by atoms with Crippen molar-refractivity contribution in [3.8, 4) is 0 Å². The second-order valence-corrected chi connectivity index (χ2v) is 2.77. The van der Waals surface area contributed by atoms with E-state index >= 15 is 0 Å². The smallest absolute Gasteiger partial charge is 0.00400 e. The van der Waals surface area contributed by atoms with Crippen molar-refractivity contribution in [1.29, 1.82) is 0 Å². The molecule has 0 aliphatic rings. The first-order chi connectivity index (χ1) is 4.84. The Kier molecular flexibility index (Phi) is 2.55. The number of rotatable bonds is 3. The fourth-order valence-corrected chi connectivity index (χ4v) is 1.11. The number of hydrogen-bond donors (Lipinski definition) is 1. The average Bonchev–Trinajstić information content (AvgIpc) is 2.31. The number of aromatic nitrogens is 1. The summed E-state index contributed by atoms with van der Waals surface area (Å²) in [4.78, 5) is 3.11. The molecule has 1 rings (SSSR count). The molecule has 0 aromatic carbocycles. The topological polar surface area (TPSA) is 15.8 Å².